The van der Waals surface area contributed by atoms with Crippen LogP contribution in [0.3, 0.4) is 0 Å². The summed E-state index contributed by atoms with van der Waals surface area (Å²) in [6.45, 7) is 4.33. The zero-order chi connectivity index (χ0) is 11.8. The van der Waals surface area contributed by atoms with Crippen LogP contribution in [0.15, 0.2) is 36.9 Å². The number of ether oxygens (including phenoxy) is 1. The van der Waals surface area contributed by atoms with E-state index in [0.717, 1.165) is 0 Å². The Bertz CT molecular complexity index is 364. The summed E-state index contributed by atoms with van der Waals surface area (Å²) in [5.74, 6) is 0.625. The van der Waals surface area contributed by atoms with Crippen molar-refractivity contribution in [2.75, 3.05) is 18.9 Å². The van der Waals surface area contributed by atoms with E-state index in [9.17, 15) is 4.79 Å². The van der Waals surface area contributed by atoms with Crippen molar-refractivity contribution in [2.45, 2.75) is 6.42 Å². The Morgan fingerprint density at radius 1 is 1.56 bits per heavy atom. The van der Waals surface area contributed by atoms with Crippen molar-refractivity contribution in [3.8, 4) is 5.75 Å². The van der Waals surface area contributed by atoms with E-state index in [-0.39, 0.29) is 5.91 Å². The highest BCUT2D eigenvalue weighted by Gasteiger charge is 2.00. The molecule has 0 spiro atoms. The monoisotopic (exact) mass is 220 g/mol. The van der Waals surface area contributed by atoms with Gasteiger partial charge in [-0.05, 0) is 12.1 Å². The van der Waals surface area contributed by atoms with Gasteiger partial charge in [-0.3, -0.25) is 4.79 Å². The van der Waals surface area contributed by atoms with Gasteiger partial charge in [0, 0.05) is 18.3 Å². The summed E-state index contributed by atoms with van der Waals surface area (Å²) in [6, 6.07) is 7.12. The van der Waals surface area contributed by atoms with Crippen LogP contribution in [0.1, 0.15) is 6.42 Å². The Labute approximate surface area is 95.1 Å². The van der Waals surface area contributed by atoms with Gasteiger partial charge < -0.3 is 15.8 Å². The lowest BCUT2D eigenvalue weighted by molar-refractivity contribution is -0.121. The minimum atomic E-state index is -0.0520. The van der Waals surface area contributed by atoms with Crippen molar-refractivity contribution in [1.29, 1.82) is 0 Å². The van der Waals surface area contributed by atoms with E-state index in [1.807, 2.05) is 6.07 Å². The maximum absolute atomic E-state index is 11.2. The average Bonchev–Trinajstić information content (AvgIpc) is 2.26. The molecule has 1 aromatic rings. The van der Waals surface area contributed by atoms with Crippen LogP contribution in [-0.2, 0) is 4.79 Å². The van der Waals surface area contributed by atoms with Crippen molar-refractivity contribution in [1.82, 2.24) is 5.32 Å². The Balaban J connectivity index is 2.25. The maximum Gasteiger partial charge on any atom is 0.223 e. The van der Waals surface area contributed by atoms with Crippen LogP contribution in [-0.4, -0.2) is 19.1 Å². The van der Waals surface area contributed by atoms with Gasteiger partial charge in [-0.1, -0.05) is 12.1 Å². The van der Waals surface area contributed by atoms with Crippen molar-refractivity contribution < 1.29 is 9.53 Å². The van der Waals surface area contributed by atoms with Gasteiger partial charge in [-0.25, -0.2) is 0 Å². The molecule has 0 unspecified atom stereocenters. The molecule has 1 aromatic carbocycles. The molecule has 3 N–H and O–H groups in total. The van der Waals surface area contributed by atoms with Gasteiger partial charge >= 0.3 is 0 Å². The van der Waals surface area contributed by atoms with Crippen molar-refractivity contribution >= 4 is 11.6 Å². The van der Waals surface area contributed by atoms with Crippen molar-refractivity contribution in [3.05, 3.63) is 36.9 Å². The number of carbonyl (C=O) groups excluding carboxylic acids is 1. The first-order valence-corrected chi connectivity index (χ1v) is 5.08. The summed E-state index contributed by atoms with van der Waals surface area (Å²) >= 11 is 0. The van der Waals surface area contributed by atoms with Crippen LogP contribution < -0.4 is 15.8 Å². The van der Waals surface area contributed by atoms with Crippen molar-refractivity contribution in [2.24, 2.45) is 0 Å². The normalized spacial score (nSPS) is 9.50. The highest BCUT2D eigenvalue weighted by Crippen LogP contribution is 2.14. The number of anilines is 1. The third-order valence-electron chi connectivity index (χ3n) is 1.90. The Morgan fingerprint density at radius 3 is 3.06 bits per heavy atom. The molecular weight excluding hydrogens is 204 g/mol. The van der Waals surface area contributed by atoms with Crippen LogP contribution in [0.2, 0.25) is 0 Å². The predicted octanol–water partition coefficient (Wildman–Crippen LogP) is 1.34. The molecule has 0 radical (unpaired) electrons. The fourth-order valence-electron chi connectivity index (χ4n) is 1.14. The molecule has 0 bridgehead atoms. The summed E-state index contributed by atoms with van der Waals surface area (Å²) in [6.07, 6.45) is 1.96. The third kappa shape index (κ3) is 4.50. The molecular formula is C12H16N2O2. The molecule has 0 saturated carbocycles. The van der Waals surface area contributed by atoms with Gasteiger partial charge in [-0.15, -0.1) is 6.58 Å². The smallest absolute Gasteiger partial charge is 0.223 e. The second-order valence-corrected chi connectivity index (χ2v) is 3.26. The molecule has 1 rings (SSSR count). The molecule has 4 heteroatoms. The number of benzene rings is 1. The first kappa shape index (κ1) is 12.1. The summed E-state index contributed by atoms with van der Waals surface area (Å²) in [5.41, 5.74) is 6.23. The lowest BCUT2D eigenvalue weighted by atomic mass is 10.3. The molecule has 0 fully saturated rings. The fraction of sp³-hybridized carbons (Fsp3) is 0.250. The number of nitrogens with one attached hydrogen (secondary N) is 1. The van der Waals surface area contributed by atoms with Crippen LogP contribution in [0.25, 0.3) is 0 Å². The van der Waals surface area contributed by atoms with E-state index in [1.54, 1.807) is 24.3 Å². The Kier molecular flexibility index (Phi) is 4.92. The first-order valence-electron chi connectivity index (χ1n) is 5.08. The molecule has 0 aliphatic rings. The third-order valence-corrected chi connectivity index (χ3v) is 1.90. The lowest BCUT2D eigenvalue weighted by Gasteiger charge is -2.06. The molecule has 0 atom stereocenters. The summed E-state index contributed by atoms with van der Waals surface area (Å²) in [7, 11) is 0. The van der Waals surface area contributed by atoms with E-state index in [0.29, 0.717) is 31.0 Å². The predicted molar refractivity (Wildman–Crippen MR) is 64.2 cm³/mol. The molecule has 1 amide bonds. The number of nitrogen functional groups attached to an aromatic ring is 1. The summed E-state index contributed by atoms with van der Waals surface area (Å²) in [4.78, 5) is 11.2. The molecule has 0 saturated heterocycles. The highest BCUT2D eigenvalue weighted by atomic mass is 16.5. The van der Waals surface area contributed by atoms with Gasteiger partial charge in [-0.2, -0.15) is 0 Å². The molecule has 0 aliphatic heterocycles. The summed E-state index contributed by atoms with van der Waals surface area (Å²) in [5, 5.41) is 2.67. The lowest BCUT2D eigenvalue weighted by Crippen LogP contribution is -2.24. The zero-order valence-electron chi connectivity index (χ0n) is 9.11. The zero-order valence-corrected chi connectivity index (χ0v) is 9.11. The van der Waals surface area contributed by atoms with Gasteiger partial charge in [0.1, 0.15) is 5.75 Å². The molecule has 16 heavy (non-hydrogen) atoms. The number of hydrogen-bond acceptors (Lipinski definition) is 3. The minimum Gasteiger partial charge on any atom is -0.493 e. The Hall–Kier alpha value is -1.97. The number of amides is 1. The van der Waals surface area contributed by atoms with Gasteiger partial charge in [0.25, 0.3) is 0 Å². The first-order chi connectivity index (χ1) is 7.72. The van der Waals surface area contributed by atoms with E-state index in [4.69, 9.17) is 10.5 Å². The van der Waals surface area contributed by atoms with Crippen LogP contribution >= 0.6 is 0 Å². The standard InChI is InChI=1S/C12H16N2O2/c1-2-7-14-12(15)6-8-16-11-5-3-4-10(13)9-11/h2-5,9H,1,6-8,13H2,(H,14,15). The maximum atomic E-state index is 11.2. The fourth-order valence-corrected chi connectivity index (χ4v) is 1.14. The second kappa shape index (κ2) is 6.50. The minimum absolute atomic E-state index is 0.0520. The van der Waals surface area contributed by atoms with E-state index < -0.39 is 0 Å². The number of rotatable bonds is 6. The quantitative estimate of drug-likeness (QED) is 0.561. The van der Waals surface area contributed by atoms with Gasteiger partial charge in [0.2, 0.25) is 5.91 Å². The highest BCUT2D eigenvalue weighted by molar-refractivity contribution is 5.76. The van der Waals surface area contributed by atoms with Gasteiger partial charge in [0.15, 0.2) is 0 Å². The molecule has 0 aromatic heterocycles. The topological polar surface area (TPSA) is 64.3 Å². The molecule has 0 aliphatic carbocycles. The molecule has 4 nitrogen and oxygen atoms in total. The van der Waals surface area contributed by atoms with Crippen LogP contribution in [0.5, 0.6) is 5.75 Å². The largest absolute Gasteiger partial charge is 0.493 e. The molecule has 86 valence electrons. The Morgan fingerprint density at radius 2 is 2.38 bits per heavy atom. The van der Waals surface area contributed by atoms with Gasteiger partial charge in [0.05, 0.1) is 13.0 Å². The SMILES string of the molecule is C=CCNC(=O)CCOc1cccc(N)c1. The van der Waals surface area contributed by atoms with Crippen LogP contribution in [0.4, 0.5) is 5.69 Å². The second-order valence-electron chi connectivity index (χ2n) is 3.26. The molecule has 0 heterocycles. The number of hydrogen-bond donors (Lipinski definition) is 2. The average molecular weight is 220 g/mol. The number of nitrogens with two attached hydrogens (primary N) is 1. The van der Waals surface area contributed by atoms with Crippen molar-refractivity contribution in [3.63, 3.8) is 0 Å². The van der Waals surface area contributed by atoms with E-state index in [1.165, 1.54) is 0 Å². The van der Waals surface area contributed by atoms with E-state index in [2.05, 4.69) is 11.9 Å². The van der Waals surface area contributed by atoms with E-state index >= 15 is 0 Å². The summed E-state index contributed by atoms with van der Waals surface area (Å²) < 4.78 is 5.37. The van der Waals surface area contributed by atoms with Crippen LogP contribution in [0, 0.1) is 0 Å². The number of carbonyl (C=O) groups is 1.